The fourth-order valence-electron chi connectivity index (χ4n) is 1.07. The summed E-state index contributed by atoms with van der Waals surface area (Å²) >= 11 is 0. The van der Waals surface area contributed by atoms with E-state index in [4.69, 9.17) is 0 Å². The van der Waals surface area contributed by atoms with E-state index in [0.29, 0.717) is 11.5 Å². The highest BCUT2D eigenvalue weighted by Crippen LogP contribution is 2.04. The van der Waals surface area contributed by atoms with Gasteiger partial charge in [-0.3, -0.25) is 9.20 Å². The fourth-order valence-corrected chi connectivity index (χ4v) is 1.07. The second-order valence-corrected chi connectivity index (χ2v) is 2.40. The molecule has 0 aliphatic heterocycles. The second-order valence-electron chi connectivity index (χ2n) is 2.40. The van der Waals surface area contributed by atoms with Gasteiger partial charge in [-0.25, -0.2) is 15.0 Å². The molecule has 0 N–H and O–H groups in total. The maximum absolute atomic E-state index is 11.2. The Morgan fingerprint density at radius 2 is 2.38 bits per heavy atom. The monoisotopic (exact) mass is 174 g/mol. The molecule has 5 nitrogen and oxygen atoms in total. The lowest BCUT2D eigenvalue weighted by Gasteiger charge is -1.93. The van der Waals surface area contributed by atoms with Gasteiger partial charge in [0.25, 0.3) is 5.91 Å². The Labute approximate surface area is 73.8 Å². The van der Waals surface area contributed by atoms with Gasteiger partial charge in [0.1, 0.15) is 5.69 Å². The van der Waals surface area contributed by atoms with Crippen LogP contribution in [0.2, 0.25) is 0 Å². The van der Waals surface area contributed by atoms with Gasteiger partial charge in [-0.05, 0) is 12.8 Å². The second kappa shape index (κ2) is 2.78. The number of carbonyl (C=O) groups is 1. The minimum Gasteiger partial charge on any atom is -0.279 e. The molecular formula is C8H6N4O. The molecular weight excluding hydrogens is 168 g/mol. The number of rotatable bonds is 1. The van der Waals surface area contributed by atoms with Crippen LogP contribution in [-0.2, 0) is 0 Å². The first kappa shape index (κ1) is 7.60. The third-order valence-corrected chi connectivity index (χ3v) is 1.65. The van der Waals surface area contributed by atoms with Gasteiger partial charge in [-0.1, -0.05) is 0 Å². The van der Waals surface area contributed by atoms with E-state index in [-0.39, 0.29) is 0 Å². The Bertz CT molecular complexity index is 474. The van der Waals surface area contributed by atoms with Gasteiger partial charge in [-0.2, -0.15) is 0 Å². The van der Waals surface area contributed by atoms with Crippen molar-refractivity contribution in [2.75, 3.05) is 0 Å². The summed E-state index contributed by atoms with van der Waals surface area (Å²) in [7, 11) is 0. The summed E-state index contributed by atoms with van der Waals surface area (Å²) in [5.41, 5.74) is 0.373. The maximum atomic E-state index is 11.2. The van der Waals surface area contributed by atoms with E-state index < -0.39 is 5.91 Å². The molecule has 0 bridgehead atoms. The van der Waals surface area contributed by atoms with Gasteiger partial charge in [0.2, 0.25) is 5.78 Å². The van der Waals surface area contributed by atoms with E-state index >= 15 is 0 Å². The molecule has 0 aliphatic carbocycles. The van der Waals surface area contributed by atoms with Crippen LogP contribution in [0.5, 0.6) is 0 Å². The van der Waals surface area contributed by atoms with Crippen LogP contribution in [0.3, 0.4) is 0 Å². The maximum Gasteiger partial charge on any atom is 0.295 e. The van der Waals surface area contributed by atoms with Crippen LogP contribution >= 0.6 is 0 Å². The quantitative estimate of drug-likeness (QED) is 0.594. The van der Waals surface area contributed by atoms with Gasteiger partial charge >= 0.3 is 0 Å². The fraction of sp³-hybridized carbons (Fsp3) is 0. The molecule has 2 heterocycles. The van der Waals surface area contributed by atoms with Crippen molar-refractivity contribution in [1.82, 2.24) is 14.4 Å². The number of hydrogen-bond donors (Lipinski definition) is 0. The molecule has 0 saturated carbocycles. The topological polar surface area (TPSA) is 59.6 Å². The number of carbonyl (C=O) groups excluding carboxylic acids is 1. The molecule has 0 aromatic carbocycles. The molecule has 0 atom stereocenters. The number of nitrogens with zero attached hydrogens (tertiary/aromatic N) is 4. The minimum atomic E-state index is -0.402. The standard InChI is InChI=1S/C8H6N4O/c1-9-7(13)6-5-11-8-10-3-2-4-12(6)8/h2-5H,1H2. The van der Waals surface area contributed by atoms with Crippen molar-refractivity contribution in [3.05, 3.63) is 30.4 Å². The molecule has 0 saturated heterocycles. The highest BCUT2D eigenvalue weighted by Gasteiger charge is 2.09. The Hall–Kier alpha value is -2.04. The Morgan fingerprint density at radius 3 is 3.15 bits per heavy atom. The summed E-state index contributed by atoms with van der Waals surface area (Å²) < 4.78 is 1.57. The largest absolute Gasteiger partial charge is 0.295 e. The van der Waals surface area contributed by atoms with Crippen LogP contribution in [0.4, 0.5) is 0 Å². The summed E-state index contributed by atoms with van der Waals surface area (Å²) in [6.45, 7) is 3.16. The molecule has 0 aliphatic rings. The van der Waals surface area contributed by atoms with E-state index in [1.54, 1.807) is 22.9 Å². The molecule has 13 heavy (non-hydrogen) atoms. The molecule has 64 valence electrons. The number of hydrogen-bond acceptors (Lipinski definition) is 3. The summed E-state index contributed by atoms with van der Waals surface area (Å²) in [4.78, 5) is 22.4. The molecule has 0 spiro atoms. The number of aromatic nitrogens is 3. The first-order chi connectivity index (χ1) is 6.33. The van der Waals surface area contributed by atoms with Gasteiger partial charge < -0.3 is 0 Å². The zero-order valence-corrected chi connectivity index (χ0v) is 6.71. The van der Waals surface area contributed by atoms with Gasteiger partial charge in [0, 0.05) is 12.4 Å². The highest BCUT2D eigenvalue weighted by molar-refractivity contribution is 5.95. The zero-order valence-electron chi connectivity index (χ0n) is 6.71. The summed E-state index contributed by atoms with van der Waals surface area (Å²) in [5, 5.41) is 0. The number of amides is 1. The normalized spacial score (nSPS) is 10.2. The summed E-state index contributed by atoms with van der Waals surface area (Å²) in [6.07, 6.45) is 4.74. The average molecular weight is 174 g/mol. The van der Waals surface area contributed by atoms with E-state index in [2.05, 4.69) is 21.7 Å². The average Bonchev–Trinajstić information content (AvgIpc) is 2.60. The Morgan fingerprint density at radius 1 is 1.54 bits per heavy atom. The molecule has 1 amide bonds. The molecule has 0 radical (unpaired) electrons. The van der Waals surface area contributed by atoms with Crippen molar-refractivity contribution in [1.29, 1.82) is 0 Å². The highest BCUT2D eigenvalue weighted by atomic mass is 16.1. The molecule has 0 fully saturated rings. The van der Waals surface area contributed by atoms with Gasteiger partial charge in [0.05, 0.1) is 6.20 Å². The summed E-state index contributed by atoms with van der Waals surface area (Å²) in [6, 6.07) is 1.72. The predicted octanol–water partition coefficient (Wildman–Crippen LogP) is 0.570. The predicted molar refractivity (Wildman–Crippen MR) is 46.9 cm³/mol. The van der Waals surface area contributed by atoms with E-state index in [9.17, 15) is 4.79 Å². The van der Waals surface area contributed by atoms with Gasteiger partial charge in [0.15, 0.2) is 0 Å². The SMILES string of the molecule is C=NC(=O)c1cnc2ncccn12. The van der Waals surface area contributed by atoms with Crippen molar-refractivity contribution in [3.63, 3.8) is 0 Å². The zero-order chi connectivity index (χ0) is 9.26. The van der Waals surface area contributed by atoms with Gasteiger partial charge in [-0.15, -0.1) is 0 Å². The van der Waals surface area contributed by atoms with Crippen LogP contribution in [-0.4, -0.2) is 27.0 Å². The molecule has 2 rings (SSSR count). The molecule has 5 heteroatoms. The first-order valence-electron chi connectivity index (χ1n) is 3.62. The van der Waals surface area contributed by atoms with Crippen LogP contribution in [0.1, 0.15) is 10.5 Å². The van der Waals surface area contributed by atoms with E-state index in [0.717, 1.165) is 0 Å². The molecule has 2 aromatic heterocycles. The Balaban J connectivity index is 2.71. The lowest BCUT2D eigenvalue weighted by molar-refractivity contribution is 0.0998. The summed E-state index contributed by atoms with van der Waals surface area (Å²) in [5.74, 6) is 0.0787. The first-order valence-corrected chi connectivity index (χ1v) is 3.62. The van der Waals surface area contributed by atoms with E-state index in [1.165, 1.54) is 6.20 Å². The van der Waals surface area contributed by atoms with Crippen LogP contribution in [0.15, 0.2) is 29.6 Å². The minimum absolute atomic E-state index is 0.373. The third-order valence-electron chi connectivity index (χ3n) is 1.65. The van der Waals surface area contributed by atoms with Crippen LogP contribution < -0.4 is 0 Å². The Kier molecular flexibility index (Phi) is 1.63. The number of imidazole rings is 1. The number of fused-ring (bicyclic) bond motifs is 1. The smallest absolute Gasteiger partial charge is 0.279 e. The number of aliphatic imine (C=N–C) groups is 1. The van der Waals surface area contributed by atoms with E-state index in [1.807, 2.05) is 0 Å². The van der Waals surface area contributed by atoms with Crippen molar-refractivity contribution in [2.45, 2.75) is 0 Å². The lowest BCUT2D eigenvalue weighted by atomic mass is 10.4. The third kappa shape index (κ3) is 1.10. The molecule has 2 aromatic rings. The lowest BCUT2D eigenvalue weighted by Crippen LogP contribution is -1.99. The van der Waals surface area contributed by atoms with Crippen LogP contribution in [0, 0.1) is 0 Å². The van der Waals surface area contributed by atoms with Crippen molar-refractivity contribution in [2.24, 2.45) is 4.99 Å². The van der Waals surface area contributed by atoms with Crippen molar-refractivity contribution >= 4 is 18.4 Å². The van der Waals surface area contributed by atoms with Crippen molar-refractivity contribution in [3.8, 4) is 0 Å². The van der Waals surface area contributed by atoms with Crippen molar-refractivity contribution < 1.29 is 4.79 Å². The molecule has 0 unspecified atom stereocenters. The van der Waals surface area contributed by atoms with Crippen LogP contribution in [0.25, 0.3) is 5.78 Å².